The Morgan fingerprint density at radius 1 is 0.731 bits per heavy atom. The van der Waals surface area contributed by atoms with E-state index in [-0.39, 0.29) is 33.1 Å². The molecule has 0 radical (unpaired) electrons. The largest absolute Gasteiger partial charge is 0.477 e. The second kappa shape index (κ2) is 24.1. The number of hydrogen-bond acceptors (Lipinski definition) is 10. The van der Waals surface area contributed by atoms with Crippen LogP contribution in [0.1, 0.15) is 58.2 Å². The highest BCUT2D eigenvalue weighted by Crippen LogP contribution is 2.20. The summed E-state index contributed by atoms with van der Waals surface area (Å²) in [5.74, 6) is -1.29. The molecule has 14 nitrogen and oxygen atoms in total. The Hall–Kier alpha value is -6.17. The summed E-state index contributed by atoms with van der Waals surface area (Å²) in [6.07, 6.45) is 0. The number of carbonyl (C=O) groups is 2. The minimum atomic E-state index is -1.29. The van der Waals surface area contributed by atoms with Crippen LogP contribution in [-0.4, -0.2) is 43.0 Å². The Morgan fingerprint density at radius 2 is 1.12 bits per heavy atom. The first-order valence-corrected chi connectivity index (χ1v) is 15.6. The fourth-order valence-electron chi connectivity index (χ4n) is 3.80. The van der Waals surface area contributed by atoms with Gasteiger partial charge in [-0.1, -0.05) is 83.9 Å². The third-order valence-corrected chi connectivity index (χ3v) is 7.11. The molecule has 0 amide bonds. The van der Waals surface area contributed by atoms with Crippen molar-refractivity contribution >= 4 is 51.5 Å². The average Bonchev–Trinajstić information content (AvgIpc) is 3.10. The molecule has 0 aliphatic heterocycles. The molecule has 0 aliphatic carbocycles. The van der Waals surface area contributed by atoms with Gasteiger partial charge in [0.05, 0.1) is 20.8 Å². The van der Waals surface area contributed by atoms with Gasteiger partial charge in [0.1, 0.15) is 16.3 Å². The van der Waals surface area contributed by atoms with Crippen molar-refractivity contribution in [2.24, 2.45) is 0 Å². The normalized spacial score (nSPS) is 9.13. The van der Waals surface area contributed by atoms with E-state index in [1.165, 1.54) is 66.6 Å². The quantitative estimate of drug-likeness (QED) is 0.0774. The molecule has 0 heterocycles. The van der Waals surface area contributed by atoms with Gasteiger partial charge in [-0.15, -0.1) is 0 Å². The molecule has 4 rings (SSSR count). The Morgan fingerprint density at radius 3 is 1.44 bits per heavy atom. The summed E-state index contributed by atoms with van der Waals surface area (Å²) in [4.78, 5) is 52.2. The number of carboxylic acid groups (broad SMARTS) is 1. The van der Waals surface area contributed by atoms with Crippen molar-refractivity contribution in [2.45, 2.75) is 41.2 Å². The van der Waals surface area contributed by atoms with Crippen molar-refractivity contribution in [3.8, 4) is 6.07 Å². The number of halogens is 2. The highest BCUT2D eigenvalue weighted by molar-refractivity contribution is 6.68. The summed E-state index contributed by atoms with van der Waals surface area (Å²) >= 11 is 11.3. The minimum absolute atomic E-state index is 0.0795. The van der Waals surface area contributed by atoms with E-state index < -0.39 is 21.1 Å². The van der Waals surface area contributed by atoms with Gasteiger partial charge in [-0.2, -0.15) is 5.26 Å². The van der Waals surface area contributed by atoms with E-state index in [2.05, 4.69) is 36.1 Å². The Kier molecular flexibility index (Phi) is 21.2. The van der Waals surface area contributed by atoms with Crippen LogP contribution < -0.4 is 0 Å². The smallest absolute Gasteiger partial charge is 0.342 e. The Labute approximate surface area is 310 Å². The maximum Gasteiger partial charge on any atom is 0.342 e. The summed E-state index contributed by atoms with van der Waals surface area (Å²) in [6, 6.07) is 27.7. The zero-order valence-corrected chi connectivity index (χ0v) is 30.7. The van der Waals surface area contributed by atoms with E-state index in [4.69, 9.17) is 33.6 Å². The molecule has 4 aromatic rings. The van der Waals surface area contributed by atoms with E-state index in [1.54, 1.807) is 31.2 Å². The molecular weight excluding hydrogens is 717 g/mol. The highest BCUT2D eigenvalue weighted by Gasteiger charge is 2.18. The molecule has 0 spiro atoms. The number of nitrogens with zero attached hydrogens (tertiary/aromatic N) is 5. The lowest BCUT2D eigenvalue weighted by atomic mass is 10.1. The molecule has 16 heteroatoms. The van der Waals surface area contributed by atoms with E-state index >= 15 is 0 Å². The third-order valence-electron chi connectivity index (χ3n) is 6.24. The first-order chi connectivity index (χ1) is 24.4. The standard InChI is InChI=1S/C13H18ClN.C7H4ClNO3.C7H5NO4.C7H7NO2.C2H3N/c1-10(2)13(14)15(4)9-12-7-5-11(3)6-8-12;8-7(10)5-3-1-2-4-6(5)9(11)12;9-7(10)5-3-1-2-4-6(5)8(11)12;1-6-4-2-3-5-7(6)8(9)10;1-2-3/h5-8H,9H2,1-4H3;1-4H;1-4H,(H,9,10);2-5H,1H3;1H3. The van der Waals surface area contributed by atoms with Crippen LogP contribution in [0.3, 0.4) is 0 Å². The number of nitriles is 1. The fraction of sp³-hybridized carbons (Fsp3) is 0.194. The zero-order valence-electron chi connectivity index (χ0n) is 29.1. The summed E-state index contributed by atoms with van der Waals surface area (Å²) in [6.45, 7) is 10.1. The van der Waals surface area contributed by atoms with Crippen molar-refractivity contribution in [3.05, 3.63) is 166 Å². The van der Waals surface area contributed by atoms with Crippen molar-refractivity contribution in [1.29, 1.82) is 5.26 Å². The zero-order chi connectivity index (χ0) is 40.0. The molecule has 52 heavy (non-hydrogen) atoms. The van der Waals surface area contributed by atoms with Gasteiger partial charge in [0, 0.05) is 44.3 Å². The average molecular weight is 755 g/mol. The van der Waals surface area contributed by atoms with Crippen LogP contribution in [0.25, 0.3) is 0 Å². The predicted octanol–water partition coefficient (Wildman–Crippen LogP) is 9.62. The first-order valence-electron chi connectivity index (χ1n) is 14.9. The number of aryl methyl sites for hydroxylation is 2. The van der Waals surface area contributed by atoms with Crippen molar-refractivity contribution in [1.82, 2.24) is 4.90 Å². The van der Waals surface area contributed by atoms with E-state index in [0.717, 1.165) is 23.3 Å². The molecule has 0 atom stereocenters. The van der Waals surface area contributed by atoms with Gasteiger partial charge in [-0.25, -0.2) is 4.79 Å². The topological polar surface area (TPSA) is 211 Å². The molecular formula is C36H37Cl2N5O9. The molecule has 0 fully saturated rings. The molecule has 0 saturated carbocycles. The van der Waals surface area contributed by atoms with Gasteiger partial charge in [0.25, 0.3) is 22.3 Å². The van der Waals surface area contributed by atoms with Crippen molar-refractivity contribution in [2.75, 3.05) is 7.05 Å². The number of nitro groups is 3. The Bertz CT molecular complexity index is 1770. The molecule has 274 valence electrons. The maximum absolute atomic E-state index is 10.6. The SMILES string of the molecule is CC#N.CC(C)=C(Cl)N(C)Cc1ccc(C)cc1.Cc1ccccc1[N+](=O)[O-].O=C(Cl)c1ccccc1[N+](=O)[O-].O=C(O)c1ccccc1[N+](=O)[O-]. The van der Waals surface area contributed by atoms with Gasteiger partial charge in [0.2, 0.25) is 0 Å². The van der Waals surface area contributed by atoms with E-state index in [0.29, 0.717) is 5.56 Å². The molecule has 4 aromatic carbocycles. The monoisotopic (exact) mass is 753 g/mol. The molecule has 0 bridgehead atoms. The number of benzene rings is 4. The molecule has 1 N–H and O–H groups in total. The van der Waals surface area contributed by atoms with Gasteiger partial charge in [0.15, 0.2) is 0 Å². The van der Waals surface area contributed by atoms with E-state index in [9.17, 15) is 39.9 Å². The number of para-hydroxylation sites is 3. The third kappa shape index (κ3) is 17.0. The number of hydrogen-bond donors (Lipinski definition) is 1. The molecule has 0 aliphatic rings. The van der Waals surface area contributed by atoms with Gasteiger partial charge in [-0.05, 0) is 62.6 Å². The number of aromatic carboxylic acids is 1. The summed E-state index contributed by atoms with van der Waals surface area (Å²) in [5, 5.41) is 46.7. The summed E-state index contributed by atoms with van der Waals surface area (Å²) in [7, 11) is 2.01. The van der Waals surface area contributed by atoms with Gasteiger partial charge >= 0.3 is 5.97 Å². The lowest BCUT2D eigenvalue weighted by molar-refractivity contribution is -0.385. The highest BCUT2D eigenvalue weighted by atomic mass is 35.5. The van der Waals surface area contributed by atoms with Crippen LogP contribution in [0, 0.1) is 55.5 Å². The van der Waals surface area contributed by atoms with Gasteiger partial charge < -0.3 is 10.0 Å². The van der Waals surface area contributed by atoms with Crippen LogP contribution in [0.2, 0.25) is 0 Å². The number of allylic oxidation sites excluding steroid dienone is 1. The van der Waals surface area contributed by atoms with Crippen molar-refractivity contribution in [3.63, 3.8) is 0 Å². The van der Waals surface area contributed by atoms with Crippen LogP contribution in [0.5, 0.6) is 0 Å². The van der Waals surface area contributed by atoms with Crippen LogP contribution >= 0.6 is 23.2 Å². The van der Waals surface area contributed by atoms with Crippen molar-refractivity contribution < 1.29 is 29.5 Å². The molecule has 0 aromatic heterocycles. The fourth-order valence-corrected chi connectivity index (χ4v) is 4.02. The minimum Gasteiger partial charge on any atom is -0.477 e. The lowest BCUT2D eigenvalue weighted by Gasteiger charge is -2.19. The predicted molar refractivity (Wildman–Crippen MR) is 199 cm³/mol. The van der Waals surface area contributed by atoms with Crippen LogP contribution in [0.15, 0.2) is 108 Å². The molecule has 0 unspecified atom stereocenters. The van der Waals surface area contributed by atoms with Crippen LogP contribution in [-0.2, 0) is 6.54 Å². The summed E-state index contributed by atoms with van der Waals surface area (Å²) in [5.41, 5.74) is 3.58. The first kappa shape index (κ1) is 45.8. The maximum atomic E-state index is 10.6. The number of carbonyl (C=O) groups excluding carboxylic acids is 1. The van der Waals surface area contributed by atoms with Gasteiger partial charge in [-0.3, -0.25) is 35.1 Å². The second-order valence-corrected chi connectivity index (χ2v) is 11.2. The Balaban J connectivity index is 0.000000655. The number of carboxylic acids is 1. The molecule has 0 saturated heterocycles. The summed E-state index contributed by atoms with van der Waals surface area (Å²) < 4.78 is 0. The second-order valence-electron chi connectivity index (χ2n) is 10.5. The lowest BCUT2D eigenvalue weighted by Crippen LogP contribution is -2.14. The number of nitro benzene ring substituents is 3. The van der Waals surface area contributed by atoms with Crippen LogP contribution in [0.4, 0.5) is 17.1 Å². The number of rotatable bonds is 8. The van der Waals surface area contributed by atoms with E-state index in [1.807, 2.05) is 20.9 Å².